The predicted molar refractivity (Wildman–Crippen MR) is 104 cm³/mol. The van der Waals surface area contributed by atoms with Crippen LogP contribution in [0.25, 0.3) is 0 Å². The van der Waals surface area contributed by atoms with Crippen molar-refractivity contribution in [1.82, 2.24) is 4.90 Å². The van der Waals surface area contributed by atoms with Crippen molar-refractivity contribution in [2.24, 2.45) is 0 Å². The fraction of sp³-hybridized carbons (Fsp3) is 0.435. The first-order valence-corrected chi connectivity index (χ1v) is 10.0. The average molecular weight is 346 g/mol. The summed E-state index contributed by atoms with van der Waals surface area (Å²) in [6.45, 7) is 4.20. The molecule has 3 heteroatoms. The van der Waals surface area contributed by atoms with Gasteiger partial charge in [0.25, 0.3) is 0 Å². The summed E-state index contributed by atoms with van der Waals surface area (Å²) >= 11 is 0. The van der Waals surface area contributed by atoms with Crippen LogP contribution in [0.5, 0.6) is 0 Å². The van der Waals surface area contributed by atoms with Crippen LogP contribution in [0.15, 0.2) is 42.5 Å². The van der Waals surface area contributed by atoms with Crippen molar-refractivity contribution in [2.45, 2.75) is 51.1 Å². The van der Waals surface area contributed by atoms with Crippen LogP contribution in [0, 0.1) is 0 Å². The van der Waals surface area contributed by atoms with Gasteiger partial charge in [-0.1, -0.05) is 49.4 Å². The molecule has 0 saturated carbocycles. The number of benzene rings is 2. The van der Waals surface area contributed by atoms with Gasteiger partial charge in [-0.15, -0.1) is 0 Å². The third-order valence-corrected chi connectivity index (χ3v) is 6.50. The first kappa shape index (κ1) is 15.9. The lowest BCUT2D eigenvalue weighted by molar-refractivity contribution is -0.130. The number of nitrogens with zero attached hydrogens (tertiary/aromatic N) is 2. The zero-order valence-corrected chi connectivity index (χ0v) is 15.4. The molecule has 2 unspecified atom stereocenters. The highest BCUT2D eigenvalue weighted by Gasteiger charge is 2.41. The lowest BCUT2D eigenvalue weighted by Crippen LogP contribution is -2.39. The standard InChI is InChI=1S/C23H26N2O/c1-2-16-8-10-17(11-9-16)20-15-21(24-13-4-7-22(24)26)19-6-3-5-18-12-14-25(20)23(18)19/h3,5-6,8-11,20-21H,2,4,7,12-15H2,1H3. The molecule has 134 valence electrons. The number of carbonyl (C=O) groups excluding carboxylic acids is 1. The Morgan fingerprint density at radius 1 is 0.962 bits per heavy atom. The Balaban J connectivity index is 1.59. The molecule has 3 heterocycles. The maximum Gasteiger partial charge on any atom is 0.223 e. The lowest BCUT2D eigenvalue weighted by Gasteiger charge is -2.43. The van der Waals surface area contributed by atoms with Crippen LogP contribution in [0.2, 0.25) is 0 Å². The Morgan fingerprint density at radius 2 is 1.81 bits per heavy atom. The summed E-state index contributed by atoms with van der Waals surface area (Å²) in [4.78, 5) is 17.3. The molecular weight excluding hydrogens is 320 g/mol. The van der Waals surface area contributed by atoms with Gasteiger partial charge in [0.1, 0.15) is 0 Å². The van der Waals surface area contributed by atoms with E-state index in [1.165, 1.54) is 27.9 Å². The number of para-hydroxylation sites is 1. The van der Waals surface area contributed by atoms with Crippen molar-refractivity contribution in [1.29, 1.82) is 0 Å². The van der Waals surface area contributed by atoms with Gasteiger partial charge in [0.15, 0.2) is 0 Å². The number of carbonyl (C=O) groups is 1. The molecule has 0 N–H and O–H groups in total. The highest BCUT2D eigenvalue weighted by atomic mass is 16.2. The van der Waals surface area contributed by atoms with Gasteiger partial charge in [-0.05, 0) is 47.9 Å². The van der Waals surface area contributed by atoms with Gasteiger partial charge in [-0.2, -0.15) is 0 Å². The van der Waals surface area contributed by atoms with Gasteiger partial charge in [0, 0.05) is 25.2 Å². The minimum atomic E-state index is 0.227. The molecule has 1 saturated heterocycles. The molecular formula is C23H26N2O. The summed E-state index contributed by atoms with van der Waals surface area (Å²) in [6, 6.07) is 16.4. The fourth-order valence-corrected chi connectivity index (χ4v) is 5.15. The van der Waals surface area contributed by atoms with Crippen LogP contribution in [0.4, 0.5) is 5.69 Å². The first-order chi connectivity index (χ1) is 12.8. The van der Waals surface area contributed by atoms with E-state index in [2.05, 4.69) is 59.2 Å². The maximum absolute atomic E-state index is 12.5. The zero-order valence-electron chi connectivity index (χ0n) is 15.4. The monoisotopic (exact) mass is 346 g/mol. The molecule has 2 atom stereocenters. The number of hydrogen-bond donors (Lipinski definition) is 0. The second kappa shape index (κ2) is 6.15. The molecule has 3 nitrogen and oxygen atoms in total. The number of anilines is 1. The van der Waals surface area contributed by atoms with E-state index in [9.17, 15) is 4.79 Å². The van der Waals surface area contributed by atoms with Crippen LogP contribution in [0.1, 0.15) is 60.5 Å². The first-order valence-electron chi connectivity index (χ1n) is 10.0. The summed E-state index contributed by atoms with van der Waals surface area (Å²) in [6.07, 6.45) is 4.92. The Hall–Kier alpha value is -2.29. The van der Waals surface area contributed by atoms with Crippen molar-refractivity contribution >= 4 is 11.6 Å². The smallest absolute Gasteiger partial charge is 0.223 e. The topological polar surface area (TPSA) is 23.6 Å². The highest BCUT2D eigenvalue weighted by Crippen LogP contribution is 2.50. The van der Waals surface area contributed by atoms with Crippen molar-refractivity contribution in [3.63, 3.8) is 0 Å². The summed E-state index contributed by atoms with van der Waals surface area (Å²) in [5.41, 5.74) is 7.01. The number of hydrogen-bond acceptors (Lipinski definition) is 2. The number of rotatable bonds is 3. The average Bonchev–Trinajstić information content (AvgIpc) is 3.30. The molecule has 0 aromatic heterocycles. The van der Waals surface area contributed by atoms with E-state index in [-0.39, 0.29) is 6.04 Å². The Labute approximate surface area is 155 Å². The zero-order chi connectivity index (χ0) is 17.7. The minimum absolute atomic E-state index is 0.227. The second-order valence-electron chi connectivity index (χ2n) is 7.85. The molecule has 1 amide bonds. The van der Waals surface area contributed by atoms with Gasteiger partial charge in [-0.25, -0.2) is 0 Å². The van der Waals surface area contributed by atoms with E-state index in [1.807, 2.05) is 0 Å². The van der Waals surface area contributed by atoms with E-state index in [0.717, 1.165) is 38.8 Å². The number of likely N-dealkylation sites (tertiary alicyclic amines) is 1. The van der Waals surface area contributed by atoms with E-state index < -0.39 is 0 Å². The third kappa shape index (κ3) is 2.37. The van der Waals surface area contributed by atoms with Crippen molar-refractivity contribution in [2.75, 3.05) is 18.0 Å². The SMILES string of the molecule is CCc1ccc(C2CC(N3CCCC3=O)c3cccc4c3N2CC4)cc1. The van der Waals surface area contributed by atoms with Crippen molar-refractivity contribution in [3.05, 3.63) is 64.7 Å². The van der Waals surface area contributed by atoms with E-state index in [4.69, 9.17) is 0 Å². The normalized spacial score (nSPS) is 24.3. The van der Waals surface area contributed by atoms with E-state index in [0.29, 0.717) is 18.4 Å². The van der Waals surface area contributed by atoms with Crippen LogP contribution in [-0.4, -0.2) is 23.9 Å². The van der Waals surface area contributed by atoms with Gasteiger partial charge in [0.05, 0.1) is 12.1 Å². The molecule has 2 aromatic carbocycles. The van der Waals surface area contributed by atoms with Crippen LogP contribution in [0.3, 0.4) is 0 Å². The molecule has 3 aliphatic rings. The minimum Gasteiger partial charge on any atom is -0.364 e. The molecule has 26 heavy (non-hydrogen) atoms. The summed E-state index contributed by atoms with van der Waals surface area (Å²) in [5.74, 6) is 0.333. The molecule has 2 aromatic rings. The fourth-order valence-electron chi connectivity index (χ4n) is 5.15. The number of aryl methyl sites for hydroxylation is 1. The summed E-state index contributed by atoms with van der Waals surface area (Å²) in [7, 11) is 0. The maximum atomic E-state index is 12.5. The molecule has 0 aliphatic carbocycles. The Kier molecular flexibility index (Phi) is 3.77. The van der Waals surface area contributed by atoms with Gasteiger partial charge in [-0.3, -0.25) is 4.79 Å². The molecule has 5 rings (SSSR count). The molecule has 0 radical (unpaired) electrons. The predicted octanol–water partition coefficient (Wildman–Crippen LogP) is 4.42. The van der Waals surface area contributed by atoms with Crippen LogP contribution in [-0.2, 0) is 17.6 Å². The summed E-state index contributed by atoms with van der Waals surface area (Å²) < 4.78 is 0. The largest absolute Gasteiger partial charge is 0.364 e. The van der Waals surface area contributed by atoms with E-state index >= 15 is 0 Å². The van der Waals surface area contributed by atoms with Crippen LogP contribution >= 0.6 is 0 Å². The summed E-state index contributed by atoms with van der Waals surface area (Å²) in [5, 5.41) is 0. The van der Waals surface area contributed by atoms with Crippen LogP contribution < -0.4 is 4.90 Å². The molecule has 0 spiro atoms. The third-order valence-electron chi connectivity index (χ3n) is 6.50. The van der Waals surface area contributed by atoms with Gasteiger partial charge < -0.3 is 9.80 Å². The molecule has 0 bridgehead atoms. The lowest BCUT2D eigenvalue weighted by atomic mass is 9.86. The Bertz CT molecular complexity index is 842. The molecule has 3 aliphatic heterocycles. The van der Waals surface area contributed by atoms with Crippen molar-refractivity contribution in [3.8, 4) is 0 Å². The van der Waals surface area contributed by atoms with E-state index in [1.54, 1.807) is 0 Å². The van der Waals surface area contributed by atoms with Crippen molar-refractivity contribution < 1.29 is 4.79 Å². The van der Waals surface area contributed by atoms with Gasteiger partial charge >= 0.3 is 0 Å². The number of amides is 1. The highest BCUT2D eigenvalue weighted by molar-refractivity contribution is 5.80. The van der Waals surface area contributed by atoms with Gasteiger partial charge in [0.2, 0.25) is 5.91 Å². The quantitative estimate of drug-likeness (QED) is 0.821. The Morgan fingerprint density at radius 3 is 2.54 bits per heavy atom. The molecule has 1 fully saturated rings. The second-order valence-corrected chi connectivity index (χ2v) is 7.85.